The minimum absolute atomic E-state index is 0.124. The van der Waals surface area contributed by atoms with E-state index in [9.17, 15) is 5.11 Å². The lowest BCUT2D eigenvalue weighted by molar-refractivity contribution is 0.385. The van der Waals surface area contributed by atoms with Crippen LogP contribution in [-0.4, -0.2) is 20.2 Å². The number of H-pyrrole nitrogens is 1. The summed E-state index contributed by atoms with van der Waals surface area (Å²) in [6.45, 7) is 0. The maximum Gasteiger partial charge on any atom is 0.231 e. The lowest BCUT2D eigenvalue weighted by atomic mass is 10.1. The number of hydrogen-bond donors (Lipinski definition) is 2. The average molecular weight is 405 g/mol. The maximum absolute atomic E-state index is 9.40. The van der Waals surface area contributed by atoms with Gasteiger partial charge >= 0.3 is 0 Å². The van der Waals surface area contributed by atoms with E-state index in [2.05, 4.69) is 31.1 Å². The third-order valence-corrected chi connectivity index (χ3v) is 4.52. The molecule has 2 heterocycles. The van der Waals surface area contributed by atoms with Crippen molar-refractivity contribution in [1.29, 1.82) is 0 Å². The van der Waals surface area contributed by atoms with Crippen molar-refractivity contribution in [2.45, 2.75) is 6.42 Å². The summed E-state index contributed by atoms with van der Waals surface area (Å²) in [5.41, 5.74) is 2.60. The summed E-state index contributed by atoms with van der Waals surface area (Å²) >= 11 is 9.57. The molecular weight excluding hydrogens is 394 g/mol. The van der Waals surface area contributed by atoms with E-state index in [4.69, 9.17) is 16.1 Å². The standard InChI is InChI=1S/C17H11BrClN3O2/c18-11-2-4-14-10(5-11)6-15(20-14)17-21-16(24-22-17)7-9-1-3-12(23)8-13(9)19/h1-6,8,20,23H,7H2. The fourth-order valence-electron chi connectivity index (χ4n) is 2.50. The number of fused-ring (bicyclic) bond motifs is 1. The summed E-state index contributed by atoms with van der Waals surface area (Å²) in [6.07, 6.45) is 0.401. The van der Waals surface area contributed by atoms with Crippen molar-refractivity contribution >= 4 is 38.4 Å². The highest BCUT2D eigenvalue weighted by Crippen LogP contribution is 2.26. The summed E-state index contributed by atoms with van der Waals surface area (Å²) in [6, 6.07) is 12.8. The molecule has 0 saturated heterocycles. The van der Waals surface area contributed by atoms with Gasteiger partial charge < -0.3 is 14.6 Å². The number of rotatable bonds is 3. The van der Waals surface area contributed by atoms with Crippen molar-refractivity contribution in [2.75, 3.05) is 0 Å². The van der Waals surface area contributed by atoms with Gasteiger partial charge in [-0.25, -0.2) is 0 Å². The van der Waals surface area contributed by atoms with Gasteiger partial charge in [-0.3, -0.25) is 0 Å². The van der Waals surface area contributed by atoms with E-state index >= 15 is 0 Å². The summed E-state index contributed by atoms with van der Waals surface area (Å²) in [5.74, 6) is 1.07. The first-order valence-corrected chi connectivity index (χ1v) is 8.34. The fraction of sp³-hybridized carbons (Fsp3) is 0.0588. The van der Waals surface area contributed by atoms with Crippen molar-refractivity contribution in [1.82, 2.24) is 15.1 Å². The number of phenolic OH excluding ortho intramolecular Hbond substituents is 1. The quantitative estimate of drug-likeness (QED) is 0.508. The first kappa shape index (κ1) is 15.2. The zero-order valence-electron chi connectivity index (χ0n) is 12.3. The highest BCUT2D eigenvalue weighted by atomic mass is 79.9. The van der Waals surface area contributed by atoms with E-state index in [1.165, 1.54) is 6.07 Å². The highest BCUT2D eigenvalue weighted by Gasteiger charge is 2.13. The smallest absolute Gasteiger partial charge is 0.231 e. The molecule has 24 heavy (non-hydrogen) atoms. The normalized spacial score (nSPS) is 11.2. The Morgan fingerprint density at radius 3 is 2.88 bits per heavy atom. The molecule has 0 amide bonds. The molecule has 0 atom stereocenters. The van der Waals surface area contributed by atoms with Gasteiger partial charge in [0, 0.05) is 20.4 Å². The van der Waals surface area contributed by atoms with E-state index in [1.54, 1.807) is 12.1 Å². The summed E-state index contributed by atoms with van der Waals surface area (Å²) in [5, 5.41) is 15.0. The van der Waals surface area contributed by atoms with Crippen molar-refractivity contribution in [3.63, 3.8) is 0 Å². The molecular formula is C17H11BrClN3O2. The third-order valence-electron chi connectivity index (χ3n) is 3.67. The van der Waals surface area contributed by atoms with Gasteiger partial charge in [0.15, 0.2) is 0 Å². The van der Waals surface area contributed by atoms with Gasteiger partial charge in [0.1, 0.15) is 5.75 Å². The summed E-state index contributed by atoms with van der Waals surface area (Å²) in [4.78, 5) is 7.69. The number of benzene rings is 2. The molecule has 0 radical (unpaired) electrons. The second kappa shape index (κ2) is 5.96. The van der Waals surface area contributed by atoms with E-state index in [1.807, 2.05) is 24.3 Å². The minimum Gasteiger partial charge on any atom is -0.508 e. The molecule has 2 aromatic carbocycles. The number of nitrogens with zero attached hydrogens (tertiary/aromatic N) is 2. The molecule has 4 rings (SSSR count). The Kier molecular flexibility index (Phi) is 3.78. The fourth-order valence-corrected chi connectivity index (χ4v) is 3.12. The van der Waals surface area contributed by atoms with E-state index in [0.717, 1.165) is 26.6 Å². The van der Waals surface area contributed by atoms with Gasteiger partial charge in [0.2, 0.25) is 11.7 Å². The summed E-state index contributed by atoms with van der Waals surface area (Å²) < 4.78 is 6.33. The Labute approximate surface area is 150 Å². The lowest BCUT2D eigenvalue weighted by Gasteiger charge is -2.00. The number of aromatic hydroxyl groups is 1. The van der Waals surface area contributed by atoms with Crippen LogP contribution >= 0.6 is 27.5 Å². The predicted octanol–water partition coefficient (Wildman–Crippen LogP) is 4.93. The topological polar surface area (TPSA) is 74.9 Å². The zero-order chi connectivity index (χ0) is 16.7. The largest absolute Gasteiger partial charge is 0.508 e. The summed E-state index contributed by atoms with van der Waals surface area (Å²) in [7, 11) is 0. The monoisotopic (exact) mass is 403 g/mol. The molecule has 0 aliphatic carbocycles. The maximum atomic E-state index is 9.40. The van der Waals surface area contributed by atoms with Gasteiger partial charge in [-0.05, 0) is 42.0 Å². The first-order chi connectivity index (χ1) is 11.6. The van der Waals surface area contributed by atoms with Crippen LogP contribution in [0.3, 0.4) is 0 Å². The zero-order valence-corrected chi connectivity index (χ0v) is 14.6. The number of phenols is 1. The molecule has 7 heteroatoms. The van der Waals surface area contributed by atoms with Crippen LogP contribution in [0.4, 0.5) is 0 Å². The molecule has 0 fully saturated rings. The number of aromatic amines is 1. The SMILES string of the molecule is Oc1ccc(Cc2nc(-c3cc4cc(Br)ccc4[nH]3)no2)c(Cl)c1. The Morgan fingerprint density at radius 1 is 1.17 bits per heavy atom. The molecule has 0 saturated carbocycles. The Morgan fingerprint density at radius 2 is 2.04 bits per heavy atom. The van der Waals surface area contributed by atoms with Gasteiger partial charge in [-0.2, -0.15) is 4.98 Å². The van der Waals surface area contributed by atoms with Gasteiger partial charge in [0.25, 0.3) is 0 Å². The van der Waals surface area contributed by atoms with Crippen LogP contribution in [0.5, 0.6) is 5.75 Å². The van der Waals surface area contributed by atoms with Crippen LogP contribution < -0.4 is 0 Å². The Bertz CT molecular complexity index is 1040. The third kappa shape index (κ3) is 2.90. The molecule has 0 aliphatic heterocycles. The van der Waals surface area contributed by atoms with Crippen LogP contribution in [0.2, 0.25) is 5.02 Å². The van der Waals surface area contributed by atoms with E-state index < -0.39 is 0 Å². The van der Waals surface area contributed by atoms with E-state index in [-0.39, 0.29) is 5.75 Å². The van der Waals surface area contributed by atoms with Crippen LogP contribution in [0, 0.1) is 0 Å². The molecule has 4 aromatic rings. The van der Waals surface area contributed by atoms with Crippen LogP contribution in [0.15, 0.2) is 51.5 Å². The predicted molar refractivity (Wildman–Crippen MR) is 95.2 cm³/mol. The molecule has 120 valence electrons. The van der Waals surface area contributed by atoms with Crippen molar-refractivity contribution in [3.05, 3.63) is 63.4 Å². The van der Waals surface area contributed by atoms with Crippen LogP contribution in [0.25, 0.3) is 22.4 Å². The van der Waals surface area contributed by atoms with Crippen LogP contribution in [-0.2, 0) is 6.42 Å². The van der Waals surface area contributed by atoms with Crippen molar-refractivity contribution in [2.24, 2.45) is 0 Å². The molecule has 0 aliphatic rings. The molecule has 2 aromatic heterocycles. The van der Waals surface area contributed by atoms with Crippen LogP contribution in [0.1, 0.15) is 11.5 Å². The molecule has 2 N–H and O–H groups in total. The van der Waals surface area contributed by atoms with Gasteiger partial charge in [-0.15, -0.1) is 0 Å². The second-order valence-corrected chi connectivity index (χ2v) is 6.70. The van der Waals surface area contributed by atoms with E-state index in [0.29, 0.717) is 23.2 Å². The Hall–Kier alpha value is -2.31. The molecule has 0 bridgehead atoms. The second-order valence-electron chi connectivity index (χ2n) is 5.38. The molecule has 0 unspecified atom stereocenters. The lowest BCUT2D eigenvalue weighted by Crippen LogP contribution is -1.90. The number of aromatic nitrogens is 3. The number of hydrogen-bond acceptors (Lipinski definition) is 4. The molecule has 5 nitrogen and oxygen atoms in total. The minimum atomic E-state index is 0.124. The number of nitrogens with one attached hydrogen (secondary N) is 1. The molecule has 0 spiro atoms. The van der Waals surface area contributed by atoms with Crippen molar-refractivity contribution < 1.29 is 9.63 Å². The van der Waals surface area contributed by atoms with Gasteiger partial charge in [-0.1, -0.05) is 38.8 Å². The number of halogens is 2. The van der Waals surface area contributed by atoms with Crippen molar-refractivity contribution in [3.8, 4) is 17.3 Å². The van der Waals surface area contributed by atoms with Gasteiger partial charge in [0.05, 0.1) is 12.1 Å². The highest BCUT2D eigenvalue weighted by molar-refractivity contribution is 9.10. The Balaban J connectivity index is 1.63. The first-order valence-electron chi connectivity index (χ1n) is 7.17. The average Bonchev–Trinajstić information content (AvgIpc) is 3.16.